The van der Waals surface area contributed by atoms with Crippen LogP contribution >= 0.6 is 24.0 Å². The Balaban J connectivity index is 0.00000784. The molecule has 0 aliphatic rings. The summed E-state index contributed by atoms with van der Waals surface area (Å²) in [6.07, 6.45) is -4.42. The van der Waals surface area contributed by atoms with Crippen molar-refractivity contribution in [2.45, 2.75) is 26.6 Å². The predicted molar refractivity (Wildman–Crippen MR) is 116 cm³/mol. The van der Waals surface area contributed by atoms with Crippen LogP contribution in [0.1, 0.15) is 18.1 Å². The molecule has 0 unspecified atom stereocenters. The quantitative estimate of drug-likeness (QED) is 0.187. The number of amides is 1. The Morgan fingerprint density at radius 3 is 2.55 bits per heavy atom. The number of guanidine groups is 1. The standard InChI is InChI=1S/C18H27F3N4O3.HI/c1-4-22-17(25-11-16(26)23-7-8-27-3)24-10-14-6-5-13(2)9-15(14)28-12-18(19,20)21;/h5-6,9H,4,7-8,10-12H2,1-3H3,(H,23,26)(H2,22,24,25);1H. The van der Waals surface area contributed by atoms with E-state index in [-0.39, 0.29) is 48.7 Å². The number of hydrogen-bond donors (Lipinski definition) is 3. The van der Waals surface area contributed by atoms with Crippen molar-refractivity contribution in [3.8, 4) is 5.75 Å². The first-order chi connectivity index (χ1) is 13.2. The van der Waals surface area contributed by atoms with E-state index in [9.17, 15) is 18.0 Å². The first-order valence-corrected chi connectivity index (χ1v) is 8.82. The van der Waals surface area contributed by atoms with E-state index in [2.05, 4.69) is 20.9 Å². The fraction of sp³-hybridized carbons (Fsp3) is 0.556. The van der Waals surface area contributed by atoms with Crippen molar-refractivity contribution in [2.75, 3.05) is 40.0 Å². The smallest absolute Gasteiger partial charge is 0.422 e. The minimum Gasteiger partial charge on any atom is -0.484 e. The van der Waals surface area contributed by atoms with E-state index in [0.717, 1.165) is 5.56 Å². The molecule has 0 saturated carbocycles. The van der Waals surface area contributed by atoms with E-state index in [0.29, 0.717) is 31.2 Å². The third-order valence-corrected chi connectivity index (χ3v) is 3.41. The number of aryl methyl sites for hydroxylation is 1. The summed E-state index contributed by atoms with van der Waals surface area (Å²) in [6.45, 7) is 3.72. The van der Waals surface area contributed by atoms with Gasteiger partial charge in [-0.1, -0.05) is 12.1 Å². The minimum atomic E-state index is -4.42. The lowest BCUT2D eigenvalue weighted by Gasteiger charge is -2.14. The molecule has 0 radical (unpaired) electrons. The van der Waals surface area contributed by atoms with Gasteiger partial charge in [0.2, 0.25) is 5.91 Å². The molecular weight excluding hydrogens is 504 g/mol. The molecule has 166 valence electrons. The summed E-state index contributed by atoms with van der Waals surface area (Å²) in [5.41, 5.74) is 1.29. The molecule has 0 saturated heterocycles. The van der Waals surface area contributed by atoms with E-state index in [4.69, 9.17) is 9.47 Å². The molecular formula is C18H28F3IN4O3. The maximum Gasteiger partial charge on any atom is 0.422 e. The van der Waals surface area contributed by atoms with E-state index >= 15 is 0 Å². The normalized spacial score (nSPS) is 11.4. The number of ether oxygens (including phenoxy) is 2. The van der Waals surface area contributed by atoms with Gasteiger partial charge in [0.25, 0.3) is 0 Å². The van der Waals surface area contributed by atoms with Gasteiger partial charge in [0, 0.05) is 25.8 Å². The van der Waals surface area contributed by atoms with Crippen LogP contribution in [0, 0.1) is 6.92 Å². The number of halogens is 4. The maximum absolute atomic E-state index is 12.5. The van der Waals surface area contributed by atoms with Crippen molar-refractivity contribution in [3.05, 3.63) is 29.3 Å². The van der Waals surface area contributed by atoms with Crippen molar-refractivity contribution in [3.63, 3.8) is 0 Å². The second-order valence-electron chi connectivity index (χ2n) is 5.91. The number of aliphatic imine (C=N–C) groups is 1. The predicted octanol–water partition coefficient (Wildman–Crippen LogP) is 2.37. The molecule has 0 aliphatic carbocycles. The van der Waals surface area contributed by atoms with E-state index < -0.39 is 12.8 Å². The van der Waals surface area contributed by atoms with Crippen molar-refractivity contribution in [1.29, 1.82) is 0 Å². The van der Waals surface area contributed by atoms with Crippen LogP contribution < -0.4 is 20.7 Å². The van der Waals surface area contributed by atoms with Gasteiger partial charge in [-0.3, -0.25) is 4.79 Å². The van der Waals surface area contributed by atoms with E-state index in [1.54, 1.807) is 25.1 Å². The van der Waals surface area contributed by atoms with Crippen molar-refractivity contribution in [1.82, 2.24) is 16.0 Å². The van der Waals surface area contributed by atoms with Crippen molar-refractivity contribution < 1.29 is 27.4 Å². The lowest BCUT2D eigenvalue weighted by atomic mass is 10.1. The molecule has 0 spiro atoms. The zero-order valence-corrected chi connectivity index (χ0v) is 19.0. The number of hydrogen-bond acceptors (Lipinski definition) is 4. The molecule has 1 rings (SSSR count). The zero-order chi connectivity index (χ0) is 21.0. The van der Waals surface area contributed by atoms with Gasteiger partial charge >= 0.3 is 6.18 Å². The summed E-state index contributed by atoms with van der Waals surface area (Å²) in [7, 11) is 1.54. The van der Waals surface area contributed by atoms with Crippen LogP contribution in [0.3, 0.4) is 0 Å². The number of nitrogens with one attached hydrogen (secondary N) is 3. The Hall–Kier alpha value is -1.76. The highest BCUT2D eigenvalue weighted by Crippen LogP contribution is 2.24. The van der Waals surface area contributed by atoms with Crippen LogP contribution in [0.25, 0.3) is 0 Å². The number of methoxy groups -OCH3 is 1. The molecule has 1 aromatic rings. The molecule has 29 heavy (non-hydrogen) atoms. The monoisotopic (exact) mass is 532 g/mol. The Morgan fingerprint density at radius 1 is 1.21 bits per heavy atom. The van der Waals surface area contributed by atoms with E-state index in [1.165, 1.54) is 7.11 Å². The van der Waals surface area contributed by atoms with Crippen molar-refractivity contribution >= 4 is 35.8 Å². The lowest BCUT2D eigenvalue weighted by Crippen LogP contribution is -2.43. The number of alkyl halides is 3. The fourth-order valence-corrected chi connectivity index (χ4v) is 2.11. The van der Waals surface area contributed by atoms with Crippen LogP contribution in [0.15, 0.2) is 23.2 Å². The molecule has 3 N–H and O–H groups in total. The summed E-state index contributed by atoms with van der Waals surface area (Å²) in [5, 5.41) is 8.51. The van der Waals surface area contributed by atoms with Gasteiger partial charge in [-0.05, 0) is 25.5 Å². The number of carbonyl (C=O) groups excluding carboxylic acids is 1. The molecule has 0 bridgehead atoms. The molecule has 1 aromatic carbocycles. The summed E-state index contributed by atoms with van der Waals surface area (Å²) in [5.74, 6) is 0.271. The molecule has 1 amide bonds. The molecule has 11 heteroatoms. The van der Waals surface area contributed by atoms with Crippen molar-refractivity contribution in [2.24, 2.45) is 4.99 Å². The molecule has 0 aliphatic heterocycles. The van der Waals surface area contributed by atoms with Gasteiger partial charge in [-0.25, -0.2) is 4.99 Å². The fourth-order valence-electron chi connectivity index (χ4n) is 2.11. The highest BCUT2D eigenvalue weighted by molar-refractivity contribution is 14.0. The van der Waals surface area contributed by atoms with Gasteiger partial charge in [0.1, 0.15) is 5.75 Å². The molecule has 0 aromatic heterocycles. The molecule has 0 atom stereocenters. The van der Waals surface area contributed by atoms with E-state index in [1.807, 2.05) is 6.92 Å². The largest absolute Gasteiger partial charge is 0.484 e. The summed E-state index contributed by atoms with van der Waals surface area (Å²) in [4.78, 5) is 16.0. The first kappa shape index (κ1) is 27.2. The number of rotatable bonds is 10. The van der Waals surface area contributed by atoms with Crippen LogP contribution in [0.5, 0.6) is 5.75 Å². The number of benzene rings is 1. The maximum atomic E-state index is 12.5. The van der Waals surface area contributed by atoms with Gasteiger partial charge in [0.15, 0.2) is 12.6 Å². The second kappa shape index (κ2) is 14.3. The Morgan fingerprint density at radius 2 is 1.93 bits per heavy atom. The Kier molecular flexibility index (Phi) is 13.4. The zero-order valence-electron chi connectivity index (χ0n) is 16.7. The number of carbonyl (C=O) groups is 1. The average molecular weight is 532 g/mol. The summed E-state index contributed by atoms with van der Waals surface area (Å²) >= 11 is 0. The lowest BCUT2D eigenvalue weighted by molar-refractivity contribution is -0.153. The molecule has 0 heterocycles. The highest BCUT2D eigenvalue weighted by atomic mass is 127. The van der Waals surface area contributed by atoms with Crippen LogP contribution in [0.2, 0.25) is 0 Å². The van der Waals surface area contributed by atoms with Crippen LogP contribution in [-0.4, -0.2) is 58.0 Å². The first-order valence-electron chi connectivity index (χ1n) is 8.82. The minimum absolute atomic E-state index is 0. The summed E-state index contributed by atoms with van der Waals surface area (Å²) < 4.78 is 47.1. The van der Waals surface area contributed by atoms with Gasteiger partial charge in [0.05, 0.1) is 19.7 Å². The van der Waals surface area contributed by atoms with Gasteiger partial charge < -0.3 is 25.4 Å². The SMILES string of the molecule is CCNC(=NCc1ccc(C)cc1OCC(F)(F)F)NCC(=O)NCCOC.I. The summed E-state index contributed by atoms with van der Waals surface area (Å²) in [6, 6.07) is 4.99. The Labute approximate surface area is 185 Å². The third-order valence-electron chi connectivity index (χ3n) is 3.41. The highest BCUT2D eigenvalue weighted by Gasteiger charge is 2.28. The average Bonchev–Trinajstić information content (AvgIpc) is 2.63. The number of nitrogens with zero attached hydrogens (tertiary/aromatic N) is 1. The second-order valence-corrected chi connectivity index (χ2v) is 5.91. The molecule has 0 fully saturated rings. The van der Waals surface area contributed by atoms with Crippen LogP contribution in [-0.2, 0) is 16.1 Å². The van der Waals surface area contributed by atoms with Gasteiger partial charge in [-0.15, -0.1) is 24.0 Å². The topological polar surface area (TPSA) is 84.0 Å². The molecule has 7 nitrogen and oxygen atoms in total. The third kappa shape index (κ3) is 12.4. The Bertz CT molecular complexity index is 658. The van der Waals surface area contributed by atoms with Crippen LogP contribution in [0.4, 0.5) is 13.2 Å². The van der Waals surface area contributed by atoms with Gasteiger partial charge in [-0.2, -0.15) is 13.2 Å².